The summed E-state index contributed by atoms with van der Waals surface area (Å²) in [4.78, 5) is 0.475. The molecule has 2 aromatic rings. The first-order valence-electron chi connectivity index (χ1n) is 9.16. The summed E-state index contributed by atoms with van der Waals surface area (Å²) in [6.45, 7) is 4.24. The van der Waals surface area contributed by atoms with E-state index in [1.807, 2.05) is 36.4 Å². The summed E-state index contributed by atoms with van der Waals surface area (Å²) in [7, 11) is -3.33. The molecule has 0 saturated carbocycles. The highest BCUT2D eigenvalue weighted by Gasteiger charge is 2.41. The third kappa shape index (κ3) is 4.13. The molecule has 0 aliphatic carbocycles. The van der Waals surface area contributed by atoms with Crippen LogP contribution in [0.15, 0.2) is 59.5 Å². The Morgan fingerprint density at radius 1 is 1.04 bits per heavy atom. The zero-order chi connectivity index (χ0) is 17.9. The van der Waals surface area contributed by atoms with Crippen molar-refractivity contribution in [2.75, 3.05) is 5.75 Å². The maximum atomic E-state index is 13.2. The molecule has 0 bridgehead atoms. The minimum Gasteiger partial charge on any atom is -0.300 e. The molecule has 1 aliphatic rings. The molecule has 0 spiro atoms. The molecule has 2 aromatic carbocycles. The molecule has 3 rings (SSSR count). The summed E-state index contributed by atoms with van der Waals surface area (Å²) in [5, 5.41) is 3.76. The van der Waals surface area contributed by atoms with Crippen LogP contribution in [0.5, 0.6) is 0 Å². The van der Waals surface area contributed by atoms with Crippen molar-refractivity contribution in [3.05, 3.63) is 65.7 Å². The lowest BCUT2D eigenvalue weighted by Crippen LogP contribution is -2.50. The van der Waals surface area contributed by atoms with Crippen LogP contribution in [-0.4, -0.2) is 19.7 Å². The molecule has 1 N–H and O–H groups in total. The Kier molecular flexibility index (Phi) is 6.89. The van der Waals surface area contributed by atoms with Gasteiger partial charge in [0.05, 0.1) is 16.7 Å². The third-order valence-electron chi connectivity index (χ3n) is 5.30. The molecule has 0 saturated heterocycles. The van der Waals surface area contributed by atoms with Crippen molar-refractivity contribution < 1.29 is 8.42 Å². The SMILES string of the molecule is CCCCC1(CC)CS(=O)(=O)c2ccccc2C(c2ccccc2)N1.Cl. The van der Waals surface area contributed by atoms with Crippen LogP contribution in [-0.2, 0) is 9.84 Å². The average Bonchev–Trinajstić information content (AvgIpc) is 2.74. The minimum atomic E-state index is -3.33. The van der Waals surface area contributed by atoms with Gasteiger partial charge in [-0.25, -0.2) is 8.42 Å². The van der Waals surface area contributed by atoms with Gasteiger partial charge >= 0.3 is 0 Å². The standard InChI is InChI=1S/C21H27NO2S.ClH/c1-3-5-15-21(4-2)16-25(23,24)19-14-10-9-13-18(19)20(22-21)17-11-7-6-8-12-17;/h6-14,20,22H,3-5,15-16H2,1-2H3;1H. The van der Waals surface area contributed by atoms with Crippen LogP contribution in [0.3, 0.4) is 0 Å². The highest BCUT2D eigenvalue weighted by atomic mass is 35.5. The van der Waals surface area contributed by atoms with E-state index >= 15 is 0 Å². The van der Waals surface area contributed by atoms with Gasteiger partial charge in [0, 0.05) is 5.54 Å². The quantitative estimate of drug-likeness (QED) is 0.784. The molecular weight excluding hydrogens is 366 g/mol. The number of nitrogens with one attached hydrogen (secondary N) is 1. The Balaban J connectivity index is 0.00000243. The Bertz CT molecular complexity index is 823. The van der Waals surface area contributed by atoms with Gasteiger partial charge in [0.25, 0.3) is 0 Å². The van der Waals surface area contributed by atoms with Crippen LogP contribution in [0.2, 0.25) is 0 Å². The Morgan fingerprint density at radius 2 is 1.69 bits per heavy atom. The van der Waals surface area contributed by atoms with Crippen molar-refractivity contribution in [2.45, 2.75) is 56.0 Å². The lowest BCUT2D eigenvalue weighted by atomic mass is 9.88. The zero-order valence-electron chi connectivity index (χ0n) is 15.4. The predicted molar refractivity (Wildman–Crippen MR) is 110 cm³/mol. The van der Waals surface area contributed by atoms with Gasteiger partial charge in [-0.05, 0) is 30.0 Å². The second-order valence-corrected chi connectivity index (χ2v) is 8.98. The molecule has 2 atom stereocenters. The van der Waals surface area contributed by atoms with E-state index in [9.17, 15) is 8.42 Å². The van der Waals surface area contributed by atoms with Crippen molar-refractivity contribution in [3.63, 3.8) is 0 Å². The smallest absolute Gasteiger partial charge is 0.180 e. The largest absolute Gasteiger partial charge is 0.300 e. The molecule has 1 heterocycles. The van der Waals surface area contributed by atoms with Gasteiger partial charge in [-0.2, -0.15) is 0 Å². The fraction of sp³-hybridized carbons (Fsp3) is 0.429. The van der Waals surface area contributed by atoms with E-state index in [1.165, 1.54) is 0 Å². The average molecular weight is 394 g/mol. The second-order valence-electron chi connectivity index (χ2n) is 7.02. The van der Waals surface area contributed by atoms with E-state index < -0.39 is 15.4 Å². The number of sulfone groups is 1. The molecular formula is C21H28ClNO2S. The monoisotopic (exact) mass is 393 g/mol. The third-order valence-corrected chi connectivity index (χ3v) is 7.28. The number of hydrogen-bond donors (Lipinski definition) is 1. The first-order chi connectivity index (χ1) is 12.0. The Labute approximate surface area is 163 Å². The highest BCUT2D eigenvalue weighted by molar-refractivity contribution is 7.91. The predicted octanol–water partition coefficient (Wildman–Crippen LogP) is 4.91. The molecule has 1 aliphatic heterocycles. The molecule has 0 aromatic heterocycles. The number of hydrogen-bond acceptors (Lipinski definition) is 3. The van der Waals surface area contributed by atoms with Crippen LogP contribution in [0.1, 0.15) is 56.7 Å². The normalized spacial score (nSPS) is 24.2. The van der Waals surface area contributed by atoms with Crippen LogP contribution < -0.4 is 5.32 Å². The van der Waals surface area contributed by atoms with E-state index in [4.69, 9.17) is 0 Å². The van der Waals surface area contributed by atoms with Crippen molar-refractivity contribution in [3.8, 4) is 0 Å². The van der Waals surface area contributed by atoms with Crippen molar-refractivity contribution in [1.82, 2.24) is 5.32 Å². The van der Waals surface area contributed by atoms with Crippen LogP contribution in [0, 0.1) is 0 Å². The van der Waals surface area contributed by atoms with Gasteiger partial charge in [-0.1, -0.05) is 75.2 Å². The van der Waals surface area contributed by atoms with Gasteiger partial charge < -0.3 is 0 Å². The summed E-state index contributed by atoms with van der Waals surface area (Å²) < 4.78 is 26.3. The van der Waals surface area contributed by atoms with Crippen molar-refractivity contribution in [2.24, 2.45) is 0 Å². The van der Waals surface area contributed by atoms with Crippen LogP contribution >= 0.6 is 12.4 Å². The van der Waals surface area contributed by atoms with Gasteiger partial charge in [-0.3, -0.25) is 5.32 Å². The second kappa shape index (κ2) is 8.55. The lowest BCUT2D eigenvalue weighted by Gasteiger charge is -2.35. The van der Waals surface area contributed by atoms with Crippen LogP contribution in [0.25, 0.3) is 0 Å². The van der Waals surface area contributed by atoms with Gasteiger partial charge in [0.15, 0.2) is 9.84 Å². The summed E-state index contributed by atoms with van der Waals surface area (Å²) in [6, 6.07) is 17.5. The number of unbranched alkanes of at least 4 members (excludes halogenated alkanes) is 1. The minimum absolute atomic E-state index is 0. The fourth-order valence-corrected chi connectivity index (χ4v) is 5.96. The molecule has 0 fully saturated rings. The molecule has 5 heteroatoms. The fourth-order valence-electron chi connectivity index (χ4n) is 3.82. The number of rotatable bonds is 5. The summed E-state index contributed by atoms with van der Waals surface area (Å²) in [5.74, 6) is 0.164. The molecule has 2 unspecified atom stereocenters. The van der Waals surface area contributed by atoms with Crippen molar-refractivity contribution in [1.29, 1.82) is 0 Å². The zero-order valence-corrected chi connectivity index (χ0v) is 17.1. The summed E-state index contributed by atoms with van der Waals surface area (Å²) in [6.07, 6.45) is 3.75. The van der Waals surface area contributed by atoms with Gasteiger partial charge in [-0.15, -0.1) is 12.4 Å². The van der Waals surface area contributed by atoms with E-state index in [1.54, 1.807) is 6.07 Å². The first-order valence-corrected chi connectivity index (χ1v) is 10.8. The number of halogens is 1. The Morgan fingerprint density at radius 3 is 2.35 bits per heavy atom. The van der Waals surface area contributed by atoms with Crippen LogP contribution in [0.4, 0.5) is 0 Å². The maximum Gasteiger partial charge on any atom is 0.180 e. The molecule has 26 heavy (non-hydrogen) atoms. The van der Waals surface area contributed by atoms with E-state index in [0.29, 0.717) is 4.90 Å². The molecule has 3 nitrogen and oxygen atoms in total. The lowest BCUT2D eigenvalue weighted by molar-refractivity contribution is 0.295. The first kappa shape index (κ1) is 20.9. The molecule has 142 valence electrons. The van der Waals surface area contributed by atoms with E-state index in [-0.39, 0.29) is 24.2 Å². The summed E-state index contributed by atoms with van der Waals surface area (Å²) in [5.41, 5.74) is 1.58. The number of benzene rings is 2. The summed E-state index contributed by atoms with van der Waals surface area (Å²) >= 11 is 0. The molecule has 0 amide bonds. The number of fused-ring (bicyclic) bond motifs is 1. The topological polar surface area (TPSA) is 46.2 Å². The van der Waals surface area contributed by atoms with Crippen molar-refractivity contribution >= 4 is 22.2 Å². The Hall–Kier alpha value is -1.36. The maximum absolute atomic E-state index is 13.2. The van der Waals surface area contributed by atoms with E-state index in [0.717, 1.165) is 36.8 Å². The van der Waals surface area contributed by atoms with E-state index in [2.05, 4.69) is 31.3 Å². The molecule has 0 radical (unpaired) electrons. The highest BCUT2D eigenvalue weighted by Crippen LogP contribution is 2.37. The van der Waals surface area contributed by atoms with Gasteiger partial charge in [0.1, 0.15) is 0 Å². The van der Waals surface area contributed by atoms with Gasteiger partial charge in [0.2, 0.25) is 0 Å².